The first kappa shape index (κ1) is 21.7. The number of carbonyl (C=O) groups excluding carboxylic acids is 1. The van der Waals surface area contributed by atoms with E-state index >= 15 is 0 Å². The first-order valence-corrected chi connectivity index (χ1v) is 10.6. The first-order chi connectivity index (χ1) is 15.4. The predicted octanol–water partition coefficient (Wildman–Crippen LogP) is 7.06. The molecule has 4 rings (SSSR count). The number of aromatic nitrogens is 1. The van der Waals surface area contributed by atoms with Gasteiger partial charge in [0.1, 0.15) is 17.4 Å². The van der Waals surface area contributed by atoms with Crippen molar-refractivity contribution in [2.45, 2.75) is 0 Å². The van der Waals surface area contributed by atoms with Crippen molar-refractivity contribution in [3.05, 3.63) is 83.4 Å². The fourth-order valence-electron chi connectivity index (χ4n) is 2.96. The van der Waals surface area contributed by atoms with Gasteiger partial charge in [0.2, 0.25) is 0 Å². The Balaban J connectivity index is 1.65. The number of nitrogens with zero attached hydrogens (tertiary/aromatic N) is 1. The van der Waals surface area contributed by atoms with Crippen molar-refractivity contribution in [2.24, 2.45) is 0 Å². The number of urea groups is 1. The molecule has 0 unspecified atom stereocenters. The number of ether oxygens (including phenoxy) is 1. The highest BCUT2D eigenvalue weighted by atomic mass is 35.5. The molecule has 3 aromatic carbocycles. The van der Waals surface area contributed by atoms with Gasteiger partial charge in [-0.1, -0.05) is 35.1 Å². The lowest BCUT2D eigenvalue weighted by molar-refractivity contribution is 0.262. The minimum atomic E-state index is -0.875. The van der Waals surface area contributed by atoms with Gasteiger partial charge in [0.05, 0.1) is 23.4 Å². The zero-order valence-electron chi connectivity index (χ0n) is 16.7. The van der Waals surface area contributed by atoms with Crippen molar-refractivity contribution in [2.75, 3.05) is 17.7 Å². The van der Waals surface area contributed by atoms with E-state index in [1.54, 1.807) is 19.2 Å². The number of halogens is 3. The summed E-state index contributed by atoms with van der Waals surface area (Å²) in [5.41, 5.74) is 2.21. The van der Waals surface area contributed by atoms with Crippen LogP contribution in [0.5, 0.6) is 5.75 Å². The molecule has 0 radical (unpaired) electrons. The van der Waals surface area contributed by atoms with Crippen LogP contribution in [0.4, 0.5) is 24.4 Å². The Hall–Kier alpha value is -3.49. The number of hydrogen-bond donors (Lipinski definition) is 2. The molecule has 162 valence electrons. The maximum atomic E-state index is 13.8. The zero-order valence-corrected chi connectivity index (χ0v) is 18.2. The van der Waals surface area contributed by atoms with Crippen LogP contribution in [0, 0.1) is 11.6 Å². The molecule has 0 saturated carbocycles. The van der Waals surface area contributed by atoms with Gasteiger partial charge in [0, 0.05) is 16.7 Å². The quantitative estimate of drug-likeness (QED) is 0.327. The third kappa shape index (κ3) is 4.87. The number of anilines is 2. The molecule has 0 aliphatic rings. The summed E-state index contributed by atoms with van der Waals surface area (Å²) >= 11 is 7.28. The Bertz CT molecular complexity index is 1260. The topological polar surface area (TPSA) is 63.2 Å². The highest BCUT2D eigenvalue weighted by Crippen LogP contribution is 2.39. The lowest BCUT2D eigenvalue weighted by atomic mass is 10.1. The summed E-state index contributed by atoms with van der Waals surface area (Å²) in [6, 6.07) is 16.8. The Kier molecular flexibility index (Phi) is 6.34. The van der Waals surface area contributed by atoms with Gasteiger partial charge in [-0.2, -0.15) is 0 Å². The number of carbonyl (C=O) groups is 1. The third-order valence-corrected chi connectivity index (χ3v) is 5.77. The highest BCUT2D eigenvalue weighted by molar-refractivity contribution is 7.19. The van der Waals surface area contributed by atoms with E-state index < -0.39 is 17.7 Å². The molecule has 4 aromatic rings. The Morgan fingerprint density at radius 3 is 2.31 bits per heavy atom. The number of amides is 2. The maximum Gasteiger partial charge on any atom is 0.325 e. The second-order valence-corrected chi connectivity index (χ2v) is 8.07. The van der Waals surface area contributed by atoms with Gasteiger partial charge in [0.15, 0.2) is 5.13 Å². The molecule has 0 spiro atoms. The molecular formula is C23H16ClF2N3O2S. The van der Waals surface area contributed by atoms with Gasteiger partial charge >= 0.3 is 6.03 Å². The molecule has 0 bridgehead atoms. The van der Waals surface area contributed by atoms with Crippen molar-refractivity contribution in [3.8, 4) is 27.4 Å². The van der Waals surface area contributed by atoms with Crippen molar-refractivity contribution >= 4 is 39.8 Å². The predicted molar refractivity (Wildman–Crippen MR) is 124 cm³/mol. The number of methoxy groups -OCH3 is 1. The molecule has 5 nitrogen and oxygen atoms in total. The Labute approximate surface area is 191 Å². The molecule has 0 aliphatic carbocycles. The Morgan fingerprint density at radius 2 is 1.66 bits per heavy atom. The molecule has 32 heavy (non-hydrogen) atoms. The maximum absolute atomic E-state index is 13.8. The largest absolute Gasteiger partial charge is 0.497 e. The van der Waals surface area contributed by atoms with E-state index in [1.807, 2.05) is 36.4 Å². The van der Waals surface area contributed by atoms with E-state index in [0.717, 1.165) is 28.1 Å². The van der Waals surface area contributed by atoms with Crippen molar-refractivity contribution < 1.29 is 18.3 Å². The number of rotatable bonds is 5. The Morgan fingerprint density at radius 1 is 0.969 bits per heavy atom. The van der Waals surface area contributed by atoms with Gasteiger partial charge in [-0.3, -0.25) is 5.32 Å². The average Bonchev–Trinajstić information content (AvgIpc) is 3.20. The van der Waals surface area contributed by atoms with Crippen LogP contribution in [0.15, 0.2) is 66.7 Å². The van der Waals surface area contributed by atoms with Crippen molar-refractivity contribution in [1.29, 1.82) is 0 Å². The fraction of sp³-hybridized carbons (Fsp3) is 0.0435. The van der Waals surface area contributed by atoms with Crippen molar-refractivity contribution in [3.63, 3.8) is 0 Å². The lowest BCUT2D eigenvalue weighted by Crippen LogP contribution is -2.20. The van der Waals surface area contributed by atoms with Crippen LogP contribution < -0.4 is 15.4 Å². The van der Waals surface area contributed by atoms with Crippen LogP contribution in [-0.2, 0) is 0 Å². The van der Waals surface area contributed by atoms with Crippen LogP contribution in [0.3, 0.4) is 0 Å². The molecule has 2 N–H and O–H groups in total. The molecule has 1 heterocycles. The van der Waals surface area contributed by atoms with Crippen molar-refractivity contribution in [1.82, 2.24) is 4.98 Å². The van der Waals surface area contributed by atoms with E-state index in [0.29, 0.717) is 27.7 Å². The number of benzene rings is 3. The second kappa shape index (κ2) is 9.33. The van der Waals surface area contributed by atoms with Crippen LogP contribution >= 0.6 is 22.9 Å². The van der Waals surface area contributed by atoms with Gasteiger partial charge in [-0.25, -0.2) is 18.6 Å². The highest BCUT2D eigenvalue weighted by Gasteiger charge is 2.17. The van der Waals surface area contributed by atoms with Crippen LogP contribution in [0.2, 0.25) is 5.02 Å². The van der Waals surface area contributed by atoms with E-state index in [4.69, 9.17) is 16.3 Å². The second-order valence-electron chi connectivity index (χ2n) is 6.64. The summed E-state index contributed by atoms with van der Waals surface area (Å²) < 4.78 is 32.1. The SMILES string of the molecule is COc1ccc(-c2nc(NC(=O)Nc3ccc(F)cc3F)sc2-c2ccc(Cl)cc2)cc1. The standard InChI is InChI=1S/C23H16ClF2N3O2S/c1-31-17-9-4-13(5-10-17)20-21(14-2-6-15(24)7-3-14)32-23(28-20)29-22(30)27-19-11-8-16(25)12-18(19)26/h2-12H,1H3,(H2,27,28,29,30). The summed E-state index contributed by atoms with van der Waals surface area (Å²) in [5, 5.41) is 5.88. The molecule has 1 aromatic heterocycles. The summed E-state index contributed by atoms with van der Waals surface area (Å²) in [5.74, 6) is -0.902. The van der Waals surface area contributed by atoms with E-state index in [-0.39, 0.29) is 5.69 Å². The van der Waals surface area contributed by atoms with Gasteiger partial charge in [0.25, 0.3) is 0 Å². The molecule has 0 fully saturated rings. The third-order valence-electron chi connectivity index (χ3n) is 4.50. The minimum absolute atomic E-state index is 0.145. The summed E-state index contributed by atoms with van der Waals surface area (Å²) in [4.78, 5) is 17.8. The number of hydrogen-bond acceptors (Lipinski definition) is 4. The molecule has 0 saturated heterocycles. The molecular weight excluding hydrogens is 456 g/mol. The monoisotopic (exact) mass is 471 g/mol. The molecule has 0 aliphatic heterocycles. The van der Waals surface area contributed by atoms with E-state index in [2.05, 4.69) is 15.6 Å². The molecule has 9 heteroatoms. The summed E-state index contributed by atoms with van der Waals surface area (Å²) in [6.45, 7) is 0. The van der Waals surface area contributed by atoms with E-state index in [9.17, 15) is 13.6 Å². The van der Waals surface area contributed by atoms with Crippen LogP contribution in [-0.4, -0.2) is 18.1 Å². The molecule has 2 amide bonds. The van der Waals surface area contributed by atoms with Crippen LogP contribution in [0.1, 0.15) is 0 Å². The zero-order chi connectivity index (χ0) is 22.7. The lowest BCUT2D eigenvalue weighted by Gasteiger charge is -2.06. The van der Waals surface area contributed by atoms with Gasteiger partial charge in [-0.15, -0.1) is 0 Å². The first-order valence-electron chi connectivity index (χ1n) is 9.37. The normalized spacial score (nSPS) is 10.6. The van der Waals surface area contributed by atoms with E-state index in [1.165, 1.54) is 11.3 Å². The van der Waals surface area contributed by atoms with Gasteiger partial charge < -0.3 is 10.1 Å². The summed E-state index contributed by atoms with van der Waals surface area (Å²) in [7, 11) is 1.58. The smallest absolute Gasteiger partial charge is 0.325 e. The molecule has 0 atom stereocenters. The average molecular weight is 472 g/mol. The summed E-state index contributed by atoms with van der Waals surface area (Å²) in [6.07, 6.45) is 0. The minimum Gasteiger partial charge on any atom is -0.497 e. The number of nitrogens with one attached hydrogen (secondary N) is 2. The van der Waals surface area contributed by atoms with Gasteiger partial charge in [-0.05, 0) is 54.1 Å². The number of thiazole rings is 1. The fourth-order valence-corrected chi connectivity index (χ4v) is 4.07. The van der Waals surface area contributed by atoms with Crippen LogP contribution in [0.25, 0.3) is 21.7 Å².